The first-order valence-corrected chi connectivity index (χ1v) is 7.42. The number of hydrogen-bond acceptors (Lipinski definition) is 4. The van der Waals surface area contributed by atoms with Gasteiger partial charge < -0.3 is 20.3 Å². The molecule has 0 spiro atoms. The van der Waals surface area contributed by atoms with Crippen LogP contribution < -0.4 is 5.73 Å². The lowest BCUT2D eigenvalue weighted by Gasteiger charge is -2.36. The number of nitrogens with zero attached hydrogens (tertiary/aromatic N) is 2. The number of ether oxygens (including phenoxy) is 1. The Morgan fingerprint density at radius 2 is 1.72 bits per heavy atom. The van der Waals surface area contributed by atoms with Crippen molar-refractivity contribution in [2.75, 3.05) is 52.4 Å². The molecule has 0 saturated carbocycles. The maximum atomic E-state index is 5.70. The van der Waals surface area contributed by atoms with Crippen LogP contribution >= 0.6 is 0 Å². The van der Waals surface area contributed by atoms with Gasteiger partial charge in [0.25, 0.3) is 0 Å². The average Bonchev–Trinajstić information content (AvgIpc) is 2.35. The van der Waals surface area contributed by atoms with Gasteiger partial charge in [0.05, 0.1) is 6.10 Å². The van der Waals surface area contributed by atoms with Gasteiger partial charge in [0.2, 0.25) is 0 Å². The third-order valence-corrected chi connectivity index (χ3v) is 3.52. The van der Waals surface area contributed by atoms with Crippen molar-refractivity contribution in [3.63, 3.8) is 0 Å². The molecule has 1 fully saturated rings. The van der Waals surface area contributed by atoms with Crippen molar-refractivity contribution in [1.29, 1.82) is 0 Å². The maximum absolute atomic E-state index is 5.70. The van der Waals surface area contributed by atoms with E-state index in [4.69, 9.17) is 10.5 Å². The molecule has 0 aromatic heterocycles. The minimum atomic E-state index is 0.240. The van der Waals surface area contributed by atoms with Gasteiger partial charge in [-0.2, -0.15) is 0 Å². The Labute approximate surface area is 112 Å². The summed E-state index contributed by atoms with van der Waals surface area (Å²) in [4.78, 5) is 5.11. The molecule has 2 N–H and O–H groups in total. The average molecular weight is 257 g/mol. The van der Waals surface area contributed by atoms with Crippen LogP contribution in [0.4, 0.5) is 0 Å². The van der Waals surface area contributed by atoms with E-state index in [2.05, 4.69) is 23.6 Å². The lowest BCUT2D eigenvalue weighted by molar-refractivity contribution is 0.0465. The highest BCUT2D eigenvalue weighted by Crippen LogP contribution is 2.07. The van der Waals surface area contributed by atoms with Crippen LogP contribution in [0.5, 0.6) is 0 Å². The minimum absolute atomic E-state index is 0.240. The summed E-state index contributed by atoms with van der Waals surface area (Å²) in [7, 11) is 0. The smallest absolute Gasteiger partial charge is 0.0709 e. The molecule has 1 saturated heterocycles. The molecule has 4 heteroatoms. The molecule has 0 radical (unpaired) electrons. The van der Waals surface area contributed by atoms with E-state index in [0.29, 0.717) is 6.54 Å². The van der Waals surface area contributed by atoms with E-state index in [1.54, 1.807) is 0 Å². The summed E-state index contributed by atoms with van der Waals surface area (Å²) in [6, 6.07) is 0. The van der Waals surface area contributed by atoms with Gasteiger partial charge in [-0.3, -0.25) is 0 Å². The van der Waals surface area contributed by atoms with Gasteiger partial charge in [-0.05, 0) is 19.3 Å². The maximum Gasteiger partial charge on any atom is 0.0709 e. The lowest BCUT2D eigenvalue weighted by atomic mass is 10.2. The van der Waals surface area contributed by atoms with Crippen molar-refractivity contribution >= 4 is 0 Å². The summed E-state index contributed by atoms with van der Waals surface area (Å²) in [5.41, 5.74) is 5.70. The monoisotopic (exact) mass is 257 g/mol. The van der Waals surface area contributed by atoms with Gasteiger partial charge >= 0.3 is 0 Å². The molecule has 108 valence electrons. The van der Waals surface area contributed by atoms with Crippen LogP contribution in [0.3, 0.4) is 0 Å². The SMILES string of the molecule is CCOC(CN)CCN1CCN(CC(C)C)CC1. The zero-order valence-corrected chi connectivity index (χ0v) is 12.4. The minimum Gasteiger partial charge on any atom is -0.377 e. The fraction of sp³-hybridized carbons (Fsp3) is 1.00. The molecule has 0 bridgehead atoms. The first kappa shape index (κ1) is 15.9. The molecule has 1 heterocycles. The van der Waals surface area contributed by atoms with E-state index in [1.165, 1.54) is 32.7 Å². The Bertz CT molecular complexity index is 203. The molecule has 1 aliphatic rings. The second-order valence-corrected chi connectivity index (χ2v) is 5.64. The number of rotatable bonds is 8. The number of hydrogen-bond donors (Lipinski definition) is 1. The molecular formula is C14H31N3O. The van der Waals surface area contributed by atoms with Gasteiger partial charge in [-0.15, -0.1) is 0 Å². The highest BCUT2D eigenvalue weighted by atomic mass is 16.5. The normalized spacial score (nSPS) is 20.5. The van der Waals surface area contributed by atoms with Crippen LogP contribution in [-0.4, -0.2) is 68.3 Å². The van der Waals surface area contributed by atoms with E-state index < -0.39 is 0 Å². The van der Waals surface area contributed by atoms with Crippen LogP contribution in [-0.2, 0) is 4.74 Å². The Kier molecular flexibility index (Phi) is 7.82. The standard InChI is InChI=1S/C14H31N3O/c1-4-18-14(11-15)5-6-16-7-9-17(10-8-16)12-13(2)3/h13-14H,4-12,15H2,1-3H3. The predicted octanol–water partition coefficient (Wildman–Crippen LogP) is 1.01. The van der Waals surface area contributed by atoms with Crippen molar-refractivity contribution in [2.45, 2.75) is 33.3 Å². The van der Waals surface area contributed by atoms with Crippen LogP contribution in [0.2, 0.25) is 0 Å². The highest BCUT2D eigenvalue weighted by molar-refractivity contribution is 4.74. The van der Waals surface area contributed by atoms with Crippen molar-refractivity contribution in [1.82, 2.24) is 9.80 Å². The third-order valence-electron chi connectivity index (χ3n) is 3.52. The van der Waals surface area contributed by atoms with Crippen LogP contribution in [0.25, 0.3) is 0 Å². The van der Waals surface area contributed by atoms with Crippen molar-refractivity contribution in [3.8, 4) is 0 Å². The molecule has 1 atom stereocenters. The van der Waals surface area contributed by atoms with Crippen molar-refractivity contribution in [2.24, 2.45) is 11.7 Å². The topological polar surface area (TPSA) is 41.7 Å². The molecule has 0 amide bonds. The zero-order chi connectivity index (χ0) is 13.4. The lowest BCUT2D eigenvalue weighted by Crippen LogP contribution is -2.48. The molecular weight excluding hydrogens is 226 g/mol. The Morgan fingerprint density at radius 1 is 1.11 bits per heavy atom. The summed E-state index contributed by atoms with van der Waals surface area (Å²) >= 11 is 0. The largest absolute Gasteiger partial charge is 0.377 e. The van der Waals surface area contributed by atoms with Gasteiger partial charge in [0.15, 0.2) is 0 Å². The highest BCUT2D eigenvalue weighted by Gasteiger charge is 2.18. The predicted molar refractivity (Wildman–Crippen MR) is 76.8 cm³/mol. The number of nitrogens with two attached hydrogens (primary N) is 1. The summed E-state index contributed by atoms with van der Waals surface area (Å²) in [5.74, 6) is 0.774. The second-order valence-electron chi connectivity index (χ2n) is 5.64. The molecule has 4 nitrogen and oxygen atoms in total. The summed E-state index contributed by atoms with van der Waals surface area (Å²) in [6.07, 6.45) is 1.30. The first-order chi connectivity index (χ1) is 8.65. The van der Waals surface area contributed by atoms with Crippen LogP contribution in [0, 0.1) is 5.92 Å². The fourth-order valence-electron chi connectivity index (χ4n) is 2.54. The van der Waals surface area contributed by atoms with E-state index in [1.807, 2.05) is 6.92 Å². The fourth-order valence-corrected chi connectivity index (χ4v) is 2.54. The Hall–Kier alpha value is -0.160. The summed E-state index contributed by atoms with van der Waals surface area (Å²) in [5, 5.41) is 0. The van der Waals surface area contributed by atoms with E-state index >= 15 is 0 Å². The molecule has 18 heavy (non-hydrogen) atoms. The summed E-state index contributed by atoms with van der Waals surface area (Å²) in [6.45, 7) is 15.2. The van der Waals surface area contributed by atoms with E-state index in [9.17, 15) is 0 Å². The molecule has 0 aromatic rings. The quantitative estimate of drug-likeness (QED) is 0.705. The zero-order valence-electron chi connectivity index (χ0n) is 12.4. The Balaban J connectivity index is 2.15. The molecule has 0 aromatic carbocycles. The second kappa shape index (κ2) is 8.86. The van der Waals surface area contributed by atoms with E-state index in [0.717, 1.165) is 25.5 Å². The molecule has 1 unspecified atom stereocenters. The third kappa shape index (κ3) is 6.14. The number of piperazine rings is 1. The van der Waals surface area contributed by atoms with Crippen molar-refractivity contribution < 1.29 is 4.74 Å². The van der Waals surface area contributed by atoms with Crippen LogP contribution in [0.1, 0.15) is 27.2 Å². The molecule has 1 rings (SSSR count). The van der Waals surface area contributed by atoms with Gasteiger partial charge in [0.1, 0.15) is 0 Å². The van der Waals surface area contributed by atoms with Crippen LogP contribution in [0.15, 0.2) is 0 Å². The van der Waals surface area contributed by atoms with Crippen molar-refractivity contribution in [3.05, 3.63) is 0 Å². The molecule has 0 aliphatic carbocycles. The van der Waals surface area contributed by atoms with E-state index in [-0.39, 0.29) is 6.10 Å². The molecule has 1 aliphatic heterocycles. The summed E-state index contributed by atoms with van der Waals surface area (Å²) < 4.78 is 5.59. The first-order valence-electron chi connectivity index (χ1n) is 7.42. The Morgan fingerprint density at radius 3 is 2.22 bits per heavy atom. The van der Waals surface area contributed by atoms with Gasteiger partial charge in [-0.1, -0.05) is 13.8 Å². The van der Waals surface area contributed by atoms with Gasteiger partial charge in [-0.25, -0.2) is 0 Å². The van der Waals surface area contributed by atoms with Gasteiger partial charge in [0, 0.05) is 52.4 Å².